The van der Waals surface area contributed by atoms with Crippen LogP contribution in [0.15, 0.2) is 4.52 Å². The molecule has 0 radical (unpaired) electrons. The molecule has 0 amide bonds. The van der Waals surface area contributed by atoms with Crippen molar-refractivity contribution in [3.05, 3.63) is 11.7 Å². The van der Waals surface area contributed by atoms with Gasteiger partial charge in [0.1, 0.15) is 0 Å². The molecule has 0 unspecified atom stereocenters. The highest BCUT2D eigenvalue weighted by Gasteiger charge is 2.34. The zero-order chi connectivity index (χ0) is 14.0. The summed E-state index contributed by atoms with van der Waals surface area (Å²) < 4.78 is 5.50. The Hall–Kier alpha value is -0.940. The van der Waals surface area contributed by atoms with Crippen molar-refractivity contribution in [3.8, 4) is 0 Å². The summed E-state index contributed by atoms with van der Waals surface area (Å²) in [7, 11) is 0. The second kappa shape index (κ2) is 5.82. The van der Waals surface area contributed by atoms with E-state index in [1.54, 1.807) is 0 Å². The largest absolute Gasteiger partial charge is 0.339 e. The molecule has 5 nitrogen and oxygen atoms in total. The van der Waals surface area contributed by atoms with Crippen LogP contribution in [-0.4, -0.2) is 41.2 Å². The van der Waals surface area contributed by atoms with Crippen LogP contribution in [0.2, 0.25) is 0 Å². The Balaban J connectivity index is 1.67. The standard InChI is InChI=1S/C15H26N4O/c1-15(2,19-9-7-16-8-10-19)14-17-13(20-18-14)11-12-5-3-4-6-12/h12,16H,3-11H2,1-2H3. The van der Waals surface area contributed by atoms with E-state index in [9.17, 15) is 0 Å². The summed E-state index contributed by atoms with van der Waals surface area (Å²) in [6.45, 7) is 8.55. The SMILES string of the molecule is CC(C)(c1noc(CC2CCCC2)n1)N1CCNCC1. The minimum atomic E-state index is -0.139. The third-order valence-corrected chi connectivity index (χ3v) is 4.86. The van der Waals surface area contributed by atoms with Crippen LogP contribution in [0.25, 0.3) is 0 Å². The average molecular weight is 278 g/mol. The molecule has 1 aliphatic heterocycles. The minimum absolute atomic E-state index is 0.139. The lowest BCUT2D eigenvalue weighted by Gasteiger charge is -2.38. The van der Waals surface area contributed by atoms with Gasteiger partial charge in [-0.1, -0.05) is 18.0 Å². The third-order valence-electron chi connectivity index (χ3n) is 4.86. The van der Waals surface area contributed by atoms with Gasteiger partial charge in [-0.3, -0.25) is 4.90 Å². The summed E-state index contributed by atoms with van der Waals surface area (Å²) in [4.78, 5) is 7.12. The number of nitrogens with zero attached hydrogens (tertiary/aromatic N) is 3. The van der Waals surface area contributed by atoms with Crippen molar-refractivity contribution in [1.29, 1.82) is 0 Å². The summed E-state index contributed by atoms with van der Waals surface area (Å²) in [6, 6.07) is 0. The fraction of sp³-hybridized carbons (Fsp3) is 0.867. The van der Waals surface area contributed by atoms with Gasteiger partial charge in [0.05, 0.1) is 5.54 Å². The van der Waals surface area contributed by atoms with E-state index in [1.165, 1.54) is 25.7 Å². The van der Waals surface area contributed by atoms with Gasteiger partial charge in [0, 0.05) is 32.6 Å². The molecule has 0 atom stereocenters. The van der Waals surface area contributed by atoms with Gasteiger partial charge in [-0.15, -0.1) is 0 Å². The Bertz CT molecular complexity index is 431. The molecule has 3 rings (SSSR count). The van der Waals surface area contributed by atoms with Crippen LogP contribution < -0.4 is 5.32 Å². The van der Waals surface area contributed by atoms with Crippen LogP contribution in [0.4, 0.5) is 0 Å². The summed E-state index contributed by atoms with van der Waals surface area (Å²) in [5.41, 5.74) is -0.139. The van der Waals surface area contributed by atoms with Crippen molar-refractivity contribution in [3.63, 3.8) is 0 Å². The molecule has 0 bridgehead atoms. The van der Waals surface area contributed by atoms with Gasteiger partial charge in [0.2, 0.25) is 5.89 Å². The van der Waals surface area contributed by atoms with Gasteiger partial charge in [-0.25, -0.2) is 0 Å². The van der Waals surface area contributed by atoms with E-state index in [0.717, 1.165) is 50.2 Å². The fourth-order valence-corrected chi connectivity index (χ4v) is 3.41. The topological polar surface area (TPSA) is 54.2 Å². The zero-order valence-corrected chi connectivity index (χ0v) is 12.7. The maximum Gasteiger partial charge on any atom is 0.226 e. The van der Waals surface area contributed by atoms with Gasteiger partial charge in [-0.05, 0) is 32.6 Å². The molecule has 2 heterocycles. The molecule has 2 aliphatic rings. The van der Waals surface area contributed by atoms with Crippen LogP contribution in [-0.2, 0) is 12.0 Å². The number of piperazine rings is 1. The van der Waals surface area contributed by atoms with E-state index in [-0.39, 0.29) is 5.54 Å². The number of rotatable bonds is 4. The number of hydrogen-bond donors (Lipinski definition) is 1. The van der Waals surface area contributed by atoms with Gasteiger partial charge in [0.25, 0.3) is 0 Å². The van der Waals surface area contributed by atoms with E-state index in [1.807, 2.05) is 0 Å². The first-order chi connectivity index (χ1) is 9.66. The van der Waals surface area contributed by atoms with E-state index in [2.05, 4.69) is 34.2 Å². The molecule has 1 saturated carbocycles. The third kappa shape index (κ3) is 2.88. The number of nitrogens with one attached hydrogen (secondary N) is 1. The van der Waals surface area contributed by atoms with Gasteiger partial charge in [-0.2, -0.15) is 4.98 Å². The molecule has 1 aliphatic carbocycles. The van der Waals surface area contributed by atoms with Crippen molar-refractivity contribution in [1.82, 2.24) is 20.4 Å². The fourth-order valence-electron chi connectivity index (χ4n) is 3.41. The van der Waals surface area contributed by atoms with E-state index in [0.29, 0.717) is 0 Å². The molecule has 1 N–H and O–H groups in total. The lowest BCUT2D eigenvalue weighted by atomic mass is 10.0. The highest BCUT2D eigenvalue weighted by molar-refractivity contribution is 5.03. The molecule has 2 fully saturated rings. The average Bonchev–Trinajstić information content (AvgIpc) is 3.12. The smallest absolute Gasteiger partial charge is 0.226 e. The first-order valence-corrected chi connectivity index (χ1v) is 7.95. The maximum absolute atomic E-state index is 5.50. The van der Waals surface area contributed by atoms with Crippen LogP contribution >= 0.6 is 0 Å². The molecular weight excluding hydrogens is 252 g/mol. The predicted molar refractivity (Wildman–Crippen MR) is 77.4 cm³/mol. The lowest BCUT2D eigenvalue weighted by molar-refractivity contribution is 0.0924. The molecule has 0 spiro atoms. The quantitative estimate of drug-likeness (QED) is 0.912. The molecule has 1 aromatic rings. The van der Waals surface area contributed by atoms with Crippen molar-refractivity contribution in [2.45, 2.75) is 51.5 Å². The normalized spacial score (nSPS) is 22.5. The Kier molecular flexibility index (Phi) is 4.08. The second-order valence-electron chi connectivity index (χ2n) is 6.66. The van der Waals surface area contributed by atoms with Crippen LogP contribution in [0.1, 0.15) is 51.2 Å². The highest BCUT2D eigenvalue weighted by atomic mass is 16.5. The summed E-state index contributed by atoms with van der Waals surface area (Å²) in [6.07, 6.45) is 6.32. The summed E-state index contributed by atoms with van der Waals surface area (Å²) in [5, 5.41) is 7.64. The highest BCUT2D eigenvalue weighted by Crippen LogP contribution is 2.29. The van der Waals surface area contributed by atoms with E-state index < -0.39 is 0 Å². The van der Waals surface area contributed by atoms with Crippen molar-refractivity contribution >= 4 is 0 Å². The zero-order valence-electron chi connectivity index (χ0n) is 12.7. The van der Waals surface area contributed by atoms with E-state index in [4.69, 9.17) is 4.52 Å². The first-order valence-electron chi connectivity index (χ1n) is 7.95. The number of hydrogen-bond acceptors (Lipinski definition) is 5. The van der Waals surface area contributed by atoms with Crippen molar-refractivity contribution < 1.29 is 4.52 Å². The molecule has 0 aromatic carbocycles. The van der Waals surface area contributed by atoms with E-state index >= 15 is 0 Å². The van der Waals surface area contributed by atoms with Crippen LogP contribution in [0.3, 0.4) is 0 Å². The maximum atomic E-state index is 5.50. The monoisotopic (exact) mass is 278 g/mol. The lowest BCUT2D eigenvalue weighted by Crippen LogP contribution is -2.52. The molecule has 5 heteroatoms. The molecular formula is C15H26N4O. The molecule has 20 heavy (non-hydrogen) atoms. The van der Waals surface area contributed by atoms with Gasteiger partial charge < -0.3 is 9.84 Å². The predicted octanol–water partition coefficient (Wildman–Crippen LogP) is 1.94. The van der Waals surface area contributed by atoms with Gasteiger partial charge in [0.15, 0.2) is 5.82 Å². The van der Waals surface area contributed by atoms with Crippen LogP contribution in [0.5, 0.6) is 0 Å². The van der Waals surface area contributed by atoms with Crippen LogP contribution in [0, 0.1) is 5.92 Å². The summed E-state index contributed by atoms with van der Waals surface area (Å²) >= 11 is 0. The summed E-state index contributed by atoms with van der Waals surface area (Å²) in [5.74, 6) is 2.42. The Morgan fingerprint density at radius 2 is 1.95 bits per heavy atom. The molecule has 1 aromatic heterocycles. The minimum Gasteiger partial charge on any atom is -0.339 e. The van der Waals surface area contributed by atoms with Crippen molar-refractivity contribution in [2.24, 2.45) is 5.92 Å². The number of aromatic nitrogens is 2. The Labute approximate surface area is 121 Å². The first kappa shape index (κ1) is 14.0. The Morgan fingerprint density at radius 3 is 2.65 bits per heavy atom. The second-order valence-corrected chi connectivity index (χ2v) is 6.66. The van der Waals surface area contributed by atoms with Crippen molar-refractivity contribution in [2.75, 3.05) is 26.2 Å². The molecule has 112 valence electrons. The molecule has 1 saturated heterocycles. The van der Waals surface area contributed by atoms with Gasteiger partial charge >= 0.3 is 0 Å². The Morgan fingerprint density at radius 1 is 1.25 bits per heavy atom.